The number of halogens is 3. The van der Waals surface area contributed by atoms with E-state index in [0.29, 0.717) is 25.7 Å². The SMILES string of the molecule is CC(N)(O)[C@@]12C[C@H]1/C=C\CCCCC[C@H](Nc1c(NCC(F)(F)F)c(=O)c1=O)C(=O)N1CCC[C@H]1C(=O)N2. The summed E-state index contributed by atoms with van der Waals surface area (Å²) in [5.41, 5.74) is 0.373. The van der Waals surface area contributed by atoms with Crippen LogP contribution < -0.4 is 32.5 Å². The van der Waals surface area contributed by atoms with E-state index in [9.17, 15) is 37.5 Å². The molecule has 2 heterocycles. The number of rotatable bonds is 5. The second-order valence-electron chi connectivity index (χ2n) is 10.7. The van der Waals surface area contributed by atoms with Crippen LogP contribution in [-0.4, -0.2) is 64.4 Å². The first kappa shape index (κ1) is 28.1. The quantitative estimate of drug-likeness (QED) is 0.211. The van der Waals surface area contributed by atoms with Gasteiger partial charge in [-0.25, -0.2) is 0 Å². The number of amides is 2. The molecule has 6 N–H and O–H groups in total. The summed E-state index contributed by atoms with van der Waals surface area (Å²) in [6.07, 6.45) is 3.82. The Bertz CT molecular complexity index is 1170. The number of aliphatic hydroxyl groups is 1. The first-order chi connectivity index (χ1) is 17.7. The maximum absolute atomic E-state index is 13.6. The number of nitrogens with one attached hydrogen (secondary N) is 3. The molecule has 3 aliphatic rings. The molecule has 0 aromatic heterocycles. The molecule has 0 radical (unpaired) electrons. The number of hydrogen-bond acceptors (Lipinski definition) is 8. The number of carbonyl (C=O) groups is 2. The molecular weight excluding hydrogens is 507 g/mol. The van der Waals surface area contributed by atoms with Gasteiger partial charge >= 0.3 is 6.18 Å². The smallest absolute Gasteiger partial charge is 0.374 e. The van der Waals surface area contributed by atoms with Gasteiger partial charge in [0, 0.05) is 12.5 Å². The van der Waals surface area contributed by atoms with Crippen LogP contribution >= 0.6 is 0 Å². The third-order valence-corrected chi connectivity index (χ3v) is 7.83. The minimum atomic E-state index is -4.60. The van der Waals surface area contributed by atoms with Gasteiger partial charge in [-0.15, -0.1) is 0 Å². The van der Waals surface area contributed by atoms with Crippen molar-refractivity contribution >= 4 is 23.2 Å². The Kier molecular flexibility index (Phi) is 7.63. The molecule has 13 heteroatoms. The first-order valence-electron chi connectivity index (χ1n) is 13.0. The molecule has 0 bridgehead atoms. The van der Waals surface area contributed by atoms with Gasteiger partial charge in [0.15, 0.2) is 0 Å². The largest absolute Gasteiger partial charge is 0.405 e. The van der Waals surface area contributed by atoms with Crippen molar-refractivity contribution in [3.8, 4) is 0 Å². The van der Waals surface area contributed by atoms with Crippen LogP contribution in [-0.2, 0) is 9.59 Å². The Labute approximate surface area is 217 Å². The summed E-state index contributed by atoms with van der Waals surface area (Å²) in [6.45, 7) is 0.206. The molecule has 4 rings (SSSR count). The molecule has 5 atom stereocenters. The second kappa shape index (κ2) is 10.3. The third kappa shape index (κ3) is 5.58. The average molecular weight is 542 g/mol. The van der Waals surface area contributed by atoms with E-state index in [1.165, 1.54) is 11.8 Å². The predicted molar refractivity (Wildman–Crippen MR) is 134 cm³/mol. The summed E-state index contributed by atoms with van der Waals surface area (Å²) in [6, 6.07) is -1.85. The normalized spacial score (nSPS) is 31.3. The van der Waals surface area contributed by atoms with E-state index in [1.807, 2.05) is 17.5 Å². The summed E-state index contributed by atoms with van der Waals surface area (Å²) >= 11 is 0. The van der Waals surface area contributed by atoms with Gasteiger partial charge in [-0.3, -0.25) is 19.2 Å². The molecule has 1 unspecified atom stereocenters. The van der Waals surface area contributed by atoms with Crippen molar-refractivity contribution in [1.82, 2.24) is 10.2 Å². The minimum absolute atomic E-state index is 0.145. The van der Waals surface area contributed by atoms with Crippen LogP contribution in [0, 0.1) is 5.92 Å². The average Bonchev–Trinajstić information content (AvgIpc) is 3.31. The lowest BCUT2D eigenvalue weighted by atomic mass is 10.00. The Balaban J connectivity index is 1.58. The Hall–Kier alpha value is -2.93. The van der Waals surface area contributed by atoms with Gasteiger partial charge in [-0.05, 0) is 45.4 Å². The van der Waals surface area contributed by atoms with Crippen molar-refractivity contribution in [3.05, 3.63) is 32.6 Å². The number of allylic oxidation sites excluding steroid dienone is 1. The van der Waals surface area contributed by atoms with Gasteiger partial charge in [0.2, 0.25) is 11.8 Å². The number of hydrogen-bond donors (Lipinski definition) is 5. The van der Waals surface area contributed by atoms with Crippen LogP contribution in [0.3, 0.4) is 0 Å². The summed E-state index contributed by atoms with van der Waals surface area (Å²) in [4.78, 5) is 52.5. The van der Waals surface area contributed by atoms with Crippen molar-refractivity contribution in [1.29, 1.82) is 0 Å². The van der Waals surface area contributed by atoms with Crippen LogP contribution in [0.4, 0.5) is 24.5 Å². The molecule has 1 aromatic rings. The molecule has 1 saturated carbocycles. The zero-order valence-electron chi connectivity index (χ0n) is 21.2. The summed E-state index contributed by atoms with van der Waals surface area (Å²) in [5.74, 6) is -1.08. The number of anilines is 2. The molecule has 2 aliphatic heterocycles. The number of nitrogens with two attached hydrogens (primary N) is 1. The standard InChI is InChI=1S/C25H34F3N5O5/c1-23(29,38)24-12-14(24)8-5-3-2-4-6-9-15(22(37)33-11-7-10-16(33)21(36)32-24)31-18-17(19(34)20(18)35)30-13-25(26,27)28/h5,8,14-16,30-31,38H,2-4,6-7,9-13,29H2,1H3,(H,32,36)/b8-5-/t14-,15+,16+,23?,24-/m1/s1. The zero-order valence-corrected chi connectivity index (χ0v) is 21.2. The van der Waals surface area contributed by atoms with Gasteiger partial charge in [-0.1, -0.05) is 25.0 Å². The molecule has 210 valence electrons. The second-order valence-corrected chi connectivity index (χ2v) is 10.7. The van der Waals surface area contributed by atoms with Gasteiger partial charge < -0.3 is 31.7 Å². The van der Waals surface area contributed by atoms with Crippen LogP contribution in [0.2, 0.25) is 0 Å². The molecule has 10 nitrogen and oxygen atoms in total. The highest BCUT2D eigenvalue weighted by Crippen LogP contribution is 2.50. The summed E-state index contributed by atoms with van der Waals surface area (Å²) in [5, 5.41) is 18.2. The summed E-state index contributed by atoms with van der Waals surface area (Å²) in [7, 11) is 0. The molecule has 1 aliphatic carbocycles. The Morgan fingerprint density at radius 2 is 1.82 bits per heavy atom. The molecular formula is C25H34F3N5O5. The van der Waals surface area contributed by atoms with E-state index >= 15 is 0 Å². The fourth-order valence-corrected chi connectivity index (χ4v) is 5.55. The van der Waals surface area contributed by atoms with Crippen LogP contribution in [0.1, 0.15) is 58.3 Å². The fraction of sp³-hybridized carbons (Fsp3) is 0.680. The van der Waals surface area contributed by atoms with Crippen molar-refractivity contribution in [3.63, 3.8) is 0 Å². The van der Waals surface area contributed by atoms with E-state index < -0.39 is 64.4 Å². The molecule has 2 fully saturated rings. The Morgan fingerprint density at radius 1 is 1.11 bits per heavy atom. The molecule has 1 aromatic carbocycles. The molecule has 1 saturated heterocycles. The van der Waals surface area contributed by atoms with E-state index in [1.54, 1.807) is 0 Å². The van der Waals surface area contributed by atoms with Crippen molar-refractivity contribution in [2.45, 2.75) is 87.8 Å². The fourth-order valence-electron chi connectivity index (χ4n) is 5.55. The van der Waals surface area contributed by atoms with Crippen molar-refractivity contribution in [2.75, 3.05) is 23.7 Å². The van der Waals surface area contributed by atoms with E-state index in [4.69, 9.17) is 5.73 Å². The summed E-state index contributed by atoms with van der Waals surface area (Å²) < 4.78 is 38.0. The first-order valence-corrected chi connectivity index (χ1v) is 13.0. The minimum Gasteiger partial charge on any atom is -0.374 e. The highest BCUT2D eigenvalue weighted by molar-refractivity contribution is 5.93. The highest BCUT2D eigenvalue weighted by atomic mass is 19.4. The molecule has 2 amide bonds. The topological polar surface area (TPSA) is 154 Å². The monoisotopic (exact) mass is 541 g/mol. The van der Waals surface area contributed by atoms with E-state index in [-0.39, 0.29) is 24.6 Å². The van der Waals surface area contributed by atoms with Crippen LogP contribution in [0.25, 0.3) is 0 Å². The maximum Gasteiger partial charge on any atom is 0.405 e. The van der Waals surface area contributed by atoms with Crippen molar-refractivity contribution < 1.29 is 27.9 Å². The van der Waals surface area contributed by atoms with Gasteiger partial charge in [-0.2, -0.15) is 13.2 Å². The predicted octanol–water partition coefficient (Wildman–Crippen LogP) is 1.09. The maximum atomic E-state index is 13.6. The number of nitrogens with zero attached hydrogens (tertiary/aromatic N) is 1. The third-order valence-electron chi connectivity index (χ3n) is 7.83. The van der Waals surface area contributed by atoms with Crippen LogP contribution in [0.5, 0.6) is 0 Å². The highest BCUT2D eigenvalue weighted by Gasteiger charge is 2.63. The number of fused-ring (bicyclic) bond motifs is 2. The molecule has 38 heavy (non-hydrogen) atoms. The van der Waals surface area contributed by atoms with Crippen molar-refractivity contribution in [2.24, 2.45) is 11.7 Å². The lowest BCUT2D eigenvalue weighted by Crippen LogP contribution is -2.63. The Morgan fingerprint density at radius 3 is 2.50 bits per heavy atom. The lowest BCUT2D eigenvalue weighted by molar-refractivity contribution is -0.140. The van der Waals surface area contributed by atoms with E-state index in [0.717, 1.165) is 19.3 Å². The lowest BCUT2D eigenvalue weighted by Gasteiger charge is -2.34. The number of alkyl halides is 3. The zero-order chi connectivity index (χ0) is 27.9. The van der Waals surface area contributed by atoms with E-state index in [2.05, 4.69) is 10.6 Å². The van der Waals surface area contributed by atoms with Gasteiger partial charge in [0.1, 0.15) is 35.7 Å². The van der Waals surface area contributed by atoms with Gasteiger partial charge in [0.05, 0.1) is 5.54 Å². The number of carbonyl (C=O) groups excluding carboxylic acids is 2. The van der Waals surface area contributed by atoms with Crippen LogP contribution in [0.15, 0.2) is 21.7 Å². The van der Waals surface area contributed by atoms with Gasteiger partial charge in [0.25, 0.3) is 10.9 Å². The molecule has 0 spiro atoms.